The van der Waals surface area contributed by atoms with Crippen molar-refractivity contribution in [3.05, 3.63) is 0 Å². The van der Waals surface area contributed by atoms with Crippen molar-refractivity contribution in [2.45, 2.75) is 59.3 Å². The normalized spacial score (nSPS) is 10.7. The lowest BCUT2D eigenvalue weighted by atomic mass is 10.0. The maximum atomic E-state index is 11.2. The highest BCUT2D eigenvalue weighted by Gasteiger charge is 2.02. The van der Waals surface area contributed by atoms with Crippen molar-refractivity contribution >= 4 is 5.78 Å². The summed E-state index contributed by atoms with van der Waals surface area (Å²) in [4.78, 5) is 11.2. The van der Waals surface area contributed by atoms with E-state index in [1.807, 2.05) is 0 Å². The Labute approximate surface area is 76.6 Å². The molecule has 0 heterocycles. The number of carbonyl (C=O) groups excluding carboxylic acids is 1. The van der Waals surface area contributed by atoms with Gasteiger partial charge in [-0.2, -0.15) is 0 Å². The Balaban J connectivity index is 3.22. The van der Waals surface area contributed by atoms with Crippen LogP contribution in [0, 0.1) is 5.92 Å². The SMILES string of the molecule is CCCCCC(=O)CCC(C)C. The quantitative estimate of drug-likeness (QED) is 0.534. The largest absolute Gasteiger partial charge is 0.300 e. The van der Waals surface area contributed by atoms with Crippen LogP contribution in [0.1, 0.15) is 59.3 Å². The molecule has 0 saturated carbocycles. The fourth-order valence-corrected chi connectivity index (χ4v) is 1.15. The summed E-state index contributed by atoms with van der Waals surface area (Å²) < 4.78 is 0. The molecule has 0 saturated heterocycles. The minimum Gasteiger partial charge on any atom is -0.300 e. The van der Waals surface area contributed by atoms with Gasteiger partial charge in [-0.3, -0.25) is 4.79 Å². The number of rotatable bonds is 7. The van der Waals surface area contributed by atoms with Gasteiger partial charge in [0.25, 0.3) is 0 Å². The minimum absolute atomic E-state index is 0.456. The second-order valence-corrected chi connectivity index (χ2v) is 3.93. The van der Waals surface area contributed by atoms with Crippen molar-refractivity contribution in [1.82, 2.24) is 0 Å². The van der Waals surface area contributed by atoms with Crippen LogP contribution in [-0.4, -0.2) is 5.78 Å². The Morgan fingerprint density at radius 3 is 2.33 bits per heavy atom. The molecule has 0 N–H and O–H groups in total. The highest BCUT2D eigenvalue weighted by atomic mass is 16.1. The van der Waals surface area contributed by atoms with Gasteiger partial charge in [-0.05, 0) is 18.8 Å². The van der Waals surface area contributed by atoms with Crippen LogP contribution in [-0.2, 0) is 4.79 Å². The molecule has 0 aromatic heterocycles. The van der Waals surface area contributed by atoms with E-state index in [0.29, 0.717) is 11.7 Å². The first kappa shape index (κ1) is 11.7. The average molecular weight is 170 g/mol. The fourth-order valence-electron chi connectivity index (χ4n) is 1.15. The summed E-state index contributed by atoms with van der Waals surface area (Å²) in [5.74, 6) is 1.12. The first-order valence-corrected chi connectivity index (χ1v) is 5.18. The van der Waals surface area contributed by atoms with Crippen LogP contribution in [0.2, 0.25) is 0 Å². The van der Waals surface area contributed by atoms with Crippen molar-refractivity contribution in [2.24, 2.45) is 5.92 Å². The third kappa shape index (κ3) is 7.77. The highest BCUT2D eigenvalue weighted by Crippen LogP contribution is 2.08. The molecule has 0 unspecified atom stereocenters. The van der Waals surface area contributed by atoms with E-state index < -0.39 is 0 Å². The van der Waals surface area contributed by atoms with E-state index in [1.54, 1.807) is 0 Å². The molecule has 0 atom stereocenters. The zero-order chi connectivity index (χ0) is 9.40. The maximum absolute atomic E-state index is 11.2. The molecule has 0 amide bonds. The van der Waals surface area contributed by atoms with Crippen LogP contribution in [0.5, 0.6) is 0 Å². The number of carbonyl (C=O) groups is 1. The molecule has 72 valence electrons. The van der Waals surface area contributed by atoms with Gasteiger partial charge >= 0.3 is 0 Å². The molecule has 0 radical (unpaired) electrons. The lowest BCUT2D eigenvalue weighted by Gasteiger charge is -2.02. The summed E-state index contributed by atoms with van der Waals surface area (Å²) in [6, 6.07) is 0. The van der Waals surface area contributed by atoms with Gasteiger partial charge in [0.15, 0.2) is 0 Å². The van der Waals surface area contributed by atoms with E-state index in [0.717, 1.165) is 25.7 Å². The van der Waals surface area contributed by atoms with Gasteiger partial charge in [0.2, 0.25) is 0 Å². The molecule has 0 rings (SSSR count). The van der Waals surface area contributed by atoms with Crippen LogP contribution in [0.15, 0.2) is 0 Å². The van der Waals surface area contributed by atoms with Crippen LogP contribution in [0.3, 0.4) is 0 Å². The van der Waals surface area contributed by atoms with Crippen molar-refractivity contribution in [3.8, 4) is 0 Å². The lowest BCUT2D eigenvalue weighted by molar-refractivity contribution is -0.119. The topological polar surface area (TPSA) is 17.1 Å². The van der Waals surface area contributed by atoms with Crippen molar-refractivity contribution < 1.29 is 4.79 Å². The monoisotopic (exact) mass is 170 g/mol. The predicted molar refractivity (Wildman–Crippen MR) is 53.2 cm³/mol. The fraction of sp³-hybridized carbons (Fsp3) is 0.909. The van der Waals surface area contributed by atoms with Crippen molar-refractivity contribution in [2.75, 3.05) is 0 Å². The second-order valence-electron chi connectivity index (χ2n) is 3.93. The van der Waals surface area contributed by atoms with Gasteiger partial charge in [0.05, 0.1) is 0 Å². The summed E-state index contributed by atoms with van der Waals surface area (Å²) in [6.07, 6.45) is 6.16. The van der Waals surface area contributed by atoms with Crippen LogP contribution < -0.4 is 0 Å². The minimum atomic E-state index is 0.456. The molecule has 0 aliphatic carbocycles. The molecule has 1 nitrogen and oxygen atoms in total. The molecule has 0 aliphatic rings. The maximum Gasteiger partial charge on any atom is 0.132 e. The molecule has 0 aliphatic heterocycles. The molecule has 12 heavy (non-hydrogen) atoms. The van der Waals surface area contributed by atoms with E-state index in [2.05, 4.69) is 20.8 Å². The van der Waals surface area contributed by atoms with E-state index in [9.17, 15) is 4.79 Å². The molecule has 0 fully saturated rings. The van der Waals surface area contributed by atoms with Gasteiger partial charge < -0.3 is 0 Å². The molecular weight excluding hydrogens is 148 g/mol. The molecular formula is C11H22O. The summed E-state index contributed by atoms with van der Waals surface area (Å²) in [5, 5.41) is 0. The van der Waals surface area contributed by atoms with Crippen LogP contribution in [0.4, 0.5) is 0 Å². The Bertz CT molecular complexity index is 116. The molecule has 0 aromatic rings. The van der Waals surface area contributed by atoms with Crippen molar-refractivity contribution in [3.63, 3.8) is 0 Å². The third-order valence-corrected chi connectivity index (χ3v) is 2.06. The highest BCUT2D eigenvalue weighted by molar-refractivity contribution is 5.78. The number of hydrogen-bond acceptors (Lipinski definition) is 1. The summed E-state index contributed by atoms with van der Waals surface area (Å²) in [6.45, 7) is 6.50. The zero-order valence-electron chi connectivity index (χ0n) is 8.73. The standard InChI is InChI=1S/C11H22O/c1-4-5-6-7-11(12)9-8-10(2)3/h10H,4-9H2,1-3H3. The van der Waals surface area contributed by atoms with E-state index >= 15 is 0 Å². The zero-order valence-corrected chi connectivity index (χ0v) is 8.73. The Morgan fingerprint density at radius 2 is 1.83 bits per heavy atom. The first-order valence-electron chi connectivity index (χ1n) is 5.18. The van der Waals surface area contributed by atoms with Gasteiger partial charge in [-0.25, -0.2) is 0 Å². The van der Waals surface area contributed by atoms with Crippen molar-refractivity contribution in [1.29, 1.82) is 0 Å². The van der Waals surface area contributed by atoms with Gasteiger partial charge in [0.1, 0.15) is 5.78 Å². The number of Topliss-reactive ketones (excluding diaryl/α,β-unsaturated/α-hetero) is 1. The molecule has 1 heteroatoms. The number of unbranched alkanes of at least 4 members (excludes halogenated alkanes) is 2. The van der Waals surface area contributed by atoms with E-state index in [-0.39, 0.29) is 0 Å². The molecule has 0 aromatic carbocycles. The van der Waals surface area contributed by atoms with E-state index in [1.165, 1.54) is 12.8 Å². The van der Waals surface area contributed by atoms with Crippen LogP contribution in [0.25, 0.3) is 0 Å². The van der Waals surface area contributed by atoms with Gasteiger partial charge in [0, 0.05) is 12.8 Å². The smallest absolute Gasteiger partial charge is 0.132 e. The second kappa shape index (κ2) is 7.33. The molecule has 0 bridgehead atoms. The Hall–Kier alpha value is -0.330. The van der Waals surface area contributed by atoms with Gasteiger partial charge in [-0.15, -0.1) is 0 Å². The molecule has 0 spiro atoms. The van der Waals surface area contributed by atoms with Gasteiger partial charge in [-0.1, -0.05) is 33.6 Å². The number of hydrogen-bond donors (Lipinski definition) is 0. The van der Waals surface area contributed by atoms with E-state index in [4.69, 9.17) is 0 Å². The van der Waals surface area contributed by atoms with Crippen LogP contribution >= 0.6 is 0 Å². The summed E-state index contributed by atoms with van der Waals surface area (Å²) in [7, 11) is 0. The average Bonchev–Trinajstić information content (AvgIpc) is 2.01. The summed E-state index contributed by atoms with van der Waals surface area (Å²) in [5.41, 5.74) is 0. The Morgan fingerprint density at radius 1 is 1.17 bits per heavy atom. The third-order valence-electron chi connectivity index (χ3n) is 2.06. The number of ketones is 1. The lowest BCUT2D eigenvalue weighted by Crippen LogP contribution is -1.99. The Kier molecular flexibility index (Phi) is 7.12. The summed E-state index contributed by atoms with van der Waals surface area (Å²) >= 11 is 0. The first-order chi connectivity index (χ1) is 5.66. The predicted octanol–water partition coefficient (Wildman–Crippen LogP) is 3.57.